The van der Waals surface area contributed by atoms with E-state index in [0.717, 1.165) is 5.56 Å². The first kappa shape index (κ1) is 14.2. The Kier molecular flexibility index (Phi) is 5.32. The van der Waals surface area contributed by atoms with E-state index in [0.29, 0.717) is 13.1 Å². The third-order valence-electron chi connectivity index (χ3n) is 2.65. The van der Waals surface area contributed by atoms with Crippen LogP contribution in [0.4, 0.5) is 0 Å². The number of rotatable bonds is 6. The molecule has 0 spiro atoms. The van der Waals surface area contributed by atoms with Crippen LogP contribution in [0.25, 0.3) is 0 Å². The topological polar surface area (TPSA) is 89.4 Å². The van der Waals surface area contributed by atoms with E-state index < -0.39 is 11.9 Å². The van der Waals surface area contributed by atoms with Gasteiger partial charge in [0.1, 0.15) is 0 Å². The van der Waals surface area contributed by atoms with Crippen molar-refractivity contribution in [3.05, 3.63) is 35.9 Å². The van der Waals surface area contributed by atoms with Crippen LogP contribution in [0.1, 0.15) is 18.9 Å². The lowest BCUT2D eigenvalue weighted by Crippen LogP contribution is -2.45. The minimum absolute atomic E-state index is 0.121. The first-order valence-electron chi connectivity index (χ1n) is 5.91. The first-order valence-corrected chi connectivity index (χ1v) is 5.91. The third-order valence-corrected chi connectivity index (χ3v) is 2.65. The second kappa shape index (κ2) is 6.76. The van der Waals surface area contributed by atoms with E-state index in [2.05, 4.69) is 0 Å². The Labute approximate surface area is 107 Å². The summed E-state index contributed by atoms with van der Waals surface area (Å²) in [5, 5.41) is 0. The molecule has 0 radical (unpaired) electrons. The van der Waals surface area contributed by atoms with Crippen LogP contribution in [-0.4, -0.2) is 29.3 Å². The molecule has 0 saturated heterocycles. The fraction of sp³-hybridized carbons (Fsp3) is 0.385. The molecular formula is C13H19N3O2. The average Bonchev–Trinajstić information content (AvgIpc) is 2.35. The SMILES string of the molecule is CCN(Cc1ccccc1)C(=O)C(N)CC(N)=O. The van der Waals surface area contributed by atoms with Gasteiger partial charge in [-0.25, -0.2) is 0 Å². The Morgan fingerprint density at radius 3 is 2.39 bits per heavy atom. The van der Waals surface area contributed by atoms with Gasteiger partial charge in [0.15, 0.2) is 0 Å². The van der Waals surface area contributed by atoms with Crippen LogP contribution in [0.5, 0.6) is 0 Å². The highest BCUT2D eigenvalue weighted by atomic mass is 16.2. The van der Waals surface area contributed by atoms with Gasteiger partial charge in [-0.3, -0.25) is 9.59 Å². The Bertz CT molecular complexity index is 406. The molecular weight excluding hydrogens is 230 g/mol. The van der Waals surface area contributed by atoms with Gasteiger partial charge in [-0.2, -0.15) is 0 Å². The van der Waals surface area contributed by atoms with Crippen LogP contribution in [0.15, 0.2) is 30.3 Å². The molecule has 0 fully saturated rings. The van der Waals surface area contributed by atoms with E-state index in [1.807, 2.05) is 37.3 Å². The van der Waals surface area contributed by atoms with Crippen molar-refractivity contribution in [3.63, 3.8) is 0 Å². The molecule has 1 aromatic rings. The lowest BCUT2D eigenvalue weighted by Gasteiger charge is -2.24. The van der Waals surface area contributed by atoms with E-state index in [9.17, 15) is 9.59 Å². The summed E-state index contributed by atoms with van der Waals surface area (Å²) in [6, 6.07) is 8.77. The number of nitrogens with two attached hydrogens (primary N) is 2. The summed E-state index contributed by atoms with van der Waals surface area (Å²) in [6.07, 6.45) is -0.121. The summed E-state index contributed by atoms with van der Waals surface area (Å²) in [5.74, 6) is -0.813. The number of benzene rings is 1. The van der Waals surface area contributed by atoms with Crippen molar-refractivity contribution < 1.29 is 9.59 Å². The highest BCUT2D eigenvalue weighted by Crippen LogP contribution is 2.06. The Balaban J connectivity index is 2.66. The van der Waals surface area contributed by atoms with Crippen molar-refractivity contribution in [2.45, 2.75) is 25.9 Å². The second-order valence-corrected chi connectivity index (χ2v) is 4.11. The van der Waals surface area contributed by atoms with Crippen molar-refractivity contribution in [3.8, 4) is 0 Å². The zero-order chi connectivity index (χ0) is 13.5. The van der Waals surface area contributed by atoms with Crippen LogP contribution >= 0.6 is 0 Å². The molecule has 1 rings (SSSR count). The number of hydrogen-bond donors (Lipinski definition) is 2. The monoisotopic (exact) mass is 249 g/mol. The third kappa shape index (κ3) is 4.18. The van der Waals surface area contributed by atoms with Gasteiger partial charge < -0.3 is 16.4 Å². The fourth-order valence-electron chi connectivity index (χ4n) is 1.69. The van der Waals surface area contributed by atoms with E-state index in [-0.39, 0.29) is 12.3 Å². The van der Waals surface area contributed by atoms with Gasteiger partial charge >= 0.3 is 0 Å². The van der Waals surface area contributed by atoms with Gasteiger partial charge in [0.25, 0.3) is 0 Å². The van der Waals surface area contributed by atoms with Gasteiger partial charge in [-0.05, 0) is 12.5 Å². The highest BCUT2D eigenvalue weighted by molar-refractivity contribution is 5.87. The Morgan fingerprint density at radius 2 is 1.89 bits per heavy atom. The number of nitrogens with zero attached hydrogens (tertiary/aromatic N) is 1. The van der Waals surface area contributed by atoms with Crippen molar-refractivity contribution in [2.24, 2.45) is 11.5 Å². The number of amides is 2. The molecule has 1 aromatic carbocycles. The Morgan fingerprint density at radius 1 is 1.28 bits per heavy atom. The second-order valence-electron chi connectivity index (χ2n) is 4.11. The van der Waals surface area contributed by atoms with Crippen LogP contribution in [0.2, 0.25) is 0 Å². The van der Waals surface area contributed by atoms with Crippen LogP contribution in [-0.2, 0) is 16.1 Å². The van der Waals surface area contributed by atoms with Gasteiger partial charge in [0.05, 0.1) is 12.5 Å². The van der Waals surface area contributed by atoms with Gasteiger partial charge in [0.2, 0.25) is 11.8 Å². The van der Waals surface area contributed by atoms with Crippen LogP contribution in [0.3, 0.4) is 0 Å². The minimum atomic E-state index is -0.855. The van der Waals surface area contributed by atoms with Crippen molar-refractivity contribution in [1.82, 2.24) is 4.90 Å². The summed E-state index contributed by atoms with van der Waals surface area (Å²) < 4.78 is 0. The molecule has 5 heteroatoms. The van der Waals surface area contributed by atoms with E-state index in [4.69, 9.17) is 11.5 Å². The summed E-state index contributed by atoms with van der Waals surface area (Å²) in [4.78, 5) is 24.4. The number of likely N-dealkylation sites (N-methyl/N-ethyl adjacent to an activating group) is 1. The minimum Gasteiger partial charge on any atom is -0.370 e. The molecule has 98 valence electrons. The summed E-state index contributed by atoms with van der Waals surface area (Å²) >= 11 is 0. The summed E-state index contributed by atoms with van der Waals surface area (Å²) in [6.45, 7) is 2.90. The molecule has 0 aliphatic carbocycles. The van der Waals surface area contributed by atoms with E-state index >= 15 is 0 Å². The summed E-state index contributed by atoms with van der Waals surface area (Å²) in [5.41, 5.74) is 11.7. The van der Waals surface area contributed by atoms with E-state index in [1.165, 1.54) is 0 Å². The van der Waals surface area contributed by atoms with Crippen molar-refractivity contribution in [2.75, 3.05) is 6.54 Å². The molecule has 5 nitrogen and oxygen atoms in total. The molecule has 18 heavy (non-hydrogen) atoms. The van der Waals surface area contributed by atoms with Crippen LogP contribution < -0.4 is 11.5 Å². The number of carbonyl (C=O) groups is 2. The molecule has 1 unspecified atom stereocenters. The number of hydrogen-bond acceptors (Lipinski definition) is 3. The highest BCUT2D eigenvalue weighted by Gasteiger charge is 2.21. The zero-order valence-electron chi connectivity index (χ0n) is 10.5. The summed E-state index contributed by atoms with van der Waals surface area (Å²) in [7, 11) is 0. The maximum absolute atomic E-state index is 12.0. The van der Waals surface area contributed by atoms with Crippen molar-refractivity contribution in [1.29, 1.82) is 0 Å². The maximum Gasteiger partial charge on any atom is 0.240 e. The lowest BCUT2D eigenvalue weighted by atomic mass is 10.1. The van der Waals surface area contributed by atoms with Gasteiger partial charge in [0, 0.05) is 13.1 Å². The molecule has 2 amide bonds. The fourth-order valence-corrected chi connectivity index (χ4v) is 1.69. The number of carbonyl (C=O) groups excluding carboxylic acids is 2. The molecule has 4 N–H and O–H groups in total. The standard InChI is InChI=1S/C13H19N3O2/c1-2-16(9-10-6-4-3-5-7-10)13(18)11(14)8-12(15)17/h3-7,11H,2,8-9,14H2,1H3,(H2,15,17). The van der Waals surface area contributed by atoms with Crippen molar-refractivity contribution >= 4 is 11.8 Å². The first-order chi connectivity index (χ1) is 8.54. The normalized spacial score (nSPS) is 11.9. The van der Waals surface area contributed by atoms with Gasteiger partial charge in [-0.15, -0.1) is 0 Å². The molecule has 0 aromatic heterocycles. The zero-order valence-corrected chi connectivity index (χ0v) is 10.5. The molecule has 0 saturated carbocycles. The molecule has 0 aliphatic heterocycles. The molecule has 0 aliphatic rings. The Hall–Kier alpha value is -1.88. The predicted molar refractivity (Wildman–Crippen MR) is 69.3 cm³/mol. The molecule has 0 bridgehead atoms. The molecule has 0 heterocycles. The van der Waals surface area contributed by atoms with Crippen LogP contribution in [0, 0.1) is 0 Å². The quantitative estimate of drug-likeness (QED) is 0.756. The molecule has 1 atom stereocenters. The average molecular weight is 249 g/mol. The lowest BCUT2D eigenvalue weighted by molar-refractivity contribution is -0.135. The van der Waals surface area contributed by atoms with Gasteiger partial charge in [-0.1, -0.05) is 30.3 Å². The predicted octanol–water partition coefficient (Wildman–Crippen LogP) is 0.238. The largest absolute Gasteiger partial charge is 0.370 e. The number of primary amides is 1. The smallest absolute Gasteiger partial charge is 0.240 e. The van der Waals surface area contributed by atoms with E-state index in [1.54, 1.807) is 4.90 Å². The maximum atomic E-state index is 12.0.